The molecule has 0 amide bonds. The van der Waals surface area contributed by atoms with E-state index in [0.717, 1.165) is 5.92 Å². The molecule has 0 heteroatoms. The number of rotatable bonds is 1. The van der Waals surface area contributed by atoms with Gasteiger partial charge in [-0.2, -0.15) is 0 Å². The SMILES string of the molecule is C=CC12CCC(C=C1C)C2. The summed E-state index contributed by atoms with van der Waals surface area (Å²) in [7, 11) is 0. The molecule has 0 aliphatic heterocycles. The minimum Gasteiger partial charge on any atom is -0.102 e. The van der Waals surface area contributed by atoms with Crippen molar-refractivity contribution in [1.29, 1.82) is 0 Å². The Labute approximate surface area is 62.6 Å². The predicted octanol–water partition coefficient (Wildman–Crippen LogP) is 2.92. The van der Waals surface area contributed by atoms with Crippen LogP contribution in [-0.4, -0.2) is 0 Å². The molecule has 0 aromatic rings. The highest BCUT2D eigenvalue weighted by atomic mass is 14.5. The molecule has 10 heavy (non-hydrogen) atoms. The van der Waals surface area contributed by atoms with E-state index in [4.69, 9.17) is 0 Å². The van der Waals surface area contributed by atoms with Gasteiger partial charge in [-0.1, -0.05) is 17.7 Å². The third-order valence-corrected chi connectivity index (χ3v) is 3.25. The molecule has 2 atom stereocenters. The molecule has 2 aliphatic carbocycles. The van der Waals surface area contributed by atoms with Crippen LogP contribution in [0.2, 0.25) is 0 Å². The van der Waals surface area contributed by atoms with Crippen molar-refractivity contribution in [3.8, 4) is 0 Å². The fourth-order valence-electron chi connectivity index (χ4n) is 2.48. The summed E-state index contributed by atoms with van der Waals surface area (Å²) in [6.07, 6.45) is 8.69. The Morgan fingerprint density at radius 2 is 2.60 bits per heavy atom. The summed E-state index contributed by atoms with van der Waals surface area (Å²) in [5.74, 6) is 0.887. The van der Waals surface area contributed by atoms with Gasteiger partial charge >= 0.3 is 0 Å². The highest BCUT2D eigenvalue weighted by Gasteiger charge is 2.41. The van der Waals surface area contributed by atoms with Crippen molar-refractivity contribution in [2.45, 2.75) is 26.2 Å². The molecule has 54 valence electrons. The van der Waals surface area contributed by atoms with Crippen LogP contribution in [0.3, 0.4) is 0 Å². The molecule has 0 aromatic heterocycles. The zero-order valence-electron chi connectivity index (χ0n) is 6.56. The average Bonchev–Trinajstić information content (AvgIpc) is 2.44. The van der Waals surface area contributed by atoms with E-state index in [1.54, 1.807) is 5.57 Å². The fourth-order valence-corrected chi connectivity index (χ4v) is 2.48. The van der Waals surface area contributed by atoms with Crippen molar-refractivity contribution < 1.29 is 0 Å². The topological polar surface area (TPSA) is 0 Å². The van der Waals surface area contributed by atoms with Gasteiger partial charge in [-0.05, 0) is 32.1 Å². The molecular formula is C10H14. The lowest BCUT2D eigenvalue weighted by atomic mass is 9.81. The van der Waals surface area contributed by atoms with E-state index < -0.39 is 0 Å². The smallest absolute Gasteiger partial charge is 0.00912 e. The number of hydrogen-bond donors (Lipinski definition) is 0. The third kappa shape index (κ3) is 0.570. The van der Waals surface area contributed by atoms with Gasteiger partial charge in [-0.15, -0.1) is 6.58 Å². The van der Waals surface area contributed by atoms with Gasteiger partial charge in [-0.25, -0.2) is 0 Å². The number of fused-ring (bicyclic) bond motifs is 2. The molecule has 0 radical (unpaired) electrons. The zero-order valence-corrected chi connectivity index (χ0v) is 6.56. The average molecular weight is 134 g/mol. The number of hydrogen-bond acceptors (Lipinski definition) is 0. The van der Waals surface area contributed by atoms with Gasteiger partial charge in [0, 0.05) is 5.41 Å². The van der Waals surface area contributed by atoms with Crippen LogP contribution in [0, 0.1) is 11.3 Å². The number of allylic oxidation sites excluding steroid dienone is 3. The molecule has 2 unspecified atom stereocenters. The minimum atomic E-state index is 0.435. The molecular weight excluding hydrogens is 120 g/mol. The molecule has 0 heterocycles. The summed E-state index contributed by atoms with van der Waals surface area (Å²) in [6, 6.07) is 0. The summed E-state index contributed by atoms with van der Waals surface area (Å²) in [5, 5.41) is 0. The van der Waals surface area contributed by atoms with Crippen LogP contribution < -0.4 is 0 Å². The lowest BCUT2D eigenvalue weighted by Crippen LogP contribution is -2.11. The van der Waals surface area contributed by atoms with E-state index in [1.807, 2.05) is 0 Å². The first-order valence-corrected chi connectivity index (χ1v) is 4.09. The first-order chi connectivity index (χ1) is 4.77. The van der Waals surface area contributed by atoms with Crippen molar-refractivity contribution in [3.05, 3.63) is 24.3 Å². The maximum Gasteiger partial charge on any atom is 0.00912 e. The Balaban J connectivity index is 2.39. The Morgan fingerprint density at radius 3 is 2.90 bits per heavy atom. The van der Waals surface area contributed by atoms with E-state index in [2.05, 4.69) is 25.7 Å². The highest BCUT2D eigenvalue weighted by molar-refractivity contribution is 5.29. The maximum absolute atomic E-state index is 3.92. The van der Waals surface area contributed by atoms with E-state index in [-0.39, 0.29) is 0 Å². The zero-order chi connectivity index (χ0) is 7.19. The van der Waals surface area contributed by atoms with Crippen LogP contribution in [0.5, 0.6) is 0 Å². The molecule has 0 aromatic carbocycles. The lowest BCUT2D eigenvalue weighted by Gasteiger charge is -2.23. The van der Waals surface area contributed by atoms with Gasteiger partial charge in [0.2, 0.25) is 0 Å². The summed E-state index contributed by atoms with van der Waals surface area (Å²) in [4.78, 5) is 0. The molecule has 2 rings (SSSR count). The van der Waals surface area contributed by atoms with Crippen molar-refractivity contribution in [3.63, 3.8) is 0 Å². The quantitative estimate of drug-likeness (QED) is 0.484. The van der Waals surface area contributed by atoms with E-state index in [9.17, 15) is 0 Å². The van der Waals surface area contributed by atoms with E-state index in [1.165, 1.54) is 19.3 Å². The summed E-state index contributed by atoms with van der Waals surface area (Å²) >= 11 is 0. The van der Waals surface area contributed by atoms with Gasteiger partial charge in [0.05, 0.1) is 0 Å². The lowest BCUT2D eigenvalue weighted by molar-refractivity contribution is 0.492. The molecule has 0 N–H and O–H groups in total. The summed E-state index contributed by atoms with van der Waals surface area (Å²) < 4.78 is 0. The van der Waals surface area contributed by atoms with Gasteiger partial charge in [0.1, 0.15) is 0 Å². The normalized spacial score (nSPS) is 43.7. The van der Waals surface area contributed by atoms with Gasteiger partial charge in [0.15, 0.2) is 0 Å². The van der Waals surface area contributed by atoms with Crippen molar-refractivity contribution in [2.24, 2.45) is 11.3 Å². The van der Waals surface area contributed by atoms with Crippen molar-refractivity contribution >= 4 is 0 Å². The molecule has 2 aliphatic rings. The van der Waals surface area contributed by atoms with Crippen LogP contribution in [-0.2, 0) is 0 Å². The molecule has 0 spiro atoms. The fraction of sp³-hybridized carbons (Fsp3) is 0.600. The standard InChI is InChI=1S/C10H14/c1-3-10-5-4-9(7-10)6-8(10)2/h3,6,9H,1,4-5,7H2,2H3. The second kappa shape index (κ2) is 1.75. The molecule has 1 fully saturated rings. The van der Waals surface area contributed by atoms with Gasteiger partial charge in [-0.3, -0.25) is 0 Å². The van der Waals surface area contributed by atoms with Crippen LogP contribution in [0.25, 0.3) is 0 Å². The van der Waals surface area contributed by atoms with Crippen LogP contribution in [0.4, 0.5) is 0 Å². The van der Waals surface area contributed by atoms with Gasteiger partial charge in [0.25, 0.3) is 0 Å². The molecule has 2 bridgehead atoms. The first-order valence-electron chi connectivity index (χ1n) is 4.09. The van der Waals surface area contributed by atoms with Crippen LogP contribution >= 0.6 is 0 Å². The van der Waals surface area contributed by atoms with Crippen molar-refractivity contribution in [1.82, 2.24) is 0 Å². The summed E-state index contributed by atoms with van der Waals surface area (Å²) in [6.45, 7) is 6.17. The second-order valence-corrected chi connectivity index (χ2v) is 3.71. The highest BCUT2D eigenvalue weighted by Crippen LogP contribution is 2.54. The Bertz CT molecular complexity index is 200. The Hall–Kier alpha value is -0.520. The first kappa shape index (κ1) is 6.21. The predicted molar refractivity (Wildman–Crippen MR) is 43.7 cm³/mol. The maximum atomic E-state index is 3.92. The van der Waals surface area contributed by atoms with Crippen molar-refractivity contribution in [2.75, 3.05) is 0 Å². The Morgan fingerprint density at radius 1 is 1.80 bits per heavy atom. The summed E-state index contributed by atoms with van der Waals surface area (Å²) in [5.41, 5.74) is 2.00. The second-order valence-electron chi connectivity index (χ2n) is 3.71. The van der Waals surface area contributed by atoms with Crippen LogP contribution in [0.1, 0.15) is 26.2 Å². The molecule has 0 nitrogen and oxygen atoms in total. The molecule has 0 saturated heterocycles. The third-order valence-electron chi connectivity index (χ3n) is 3.25. The van der Waals surface area contributed by atoms with E-state index in [0.29, 0.717) is 5.41 Å². The monoisotopic (exact) mass is 134 g/mol. The minimum absolute atomic E-state index is 0.435. The Kier molecular flexibility index (Phi) is 1.08. The van der Waals surface area contributed by atoms with Gasteiger partial charge < -0.3 is 0 Å². The van der Waals surface area contributed by atoms with E-state index >= 15 is 0 Å². The molecule has 1 saturated carbocycles. The van der Waals surface area contributed by atoms with Crippen LogP contribution in [0.15, 0.2) is 24.3 Å². The largest absolute Gasteiger partial charge is 0.102 e.